The summed E-state index contributed by atoms with van der Waals surface area (Å²) in [5.74, 6) is 1.43. The molecule has 1 saturated heterocycles. The van der Waals surface area contributed by atoms with E-state index in [-0.39, 0.29) is 0 Å². The Labute approximate surface area is 191 Å². The van der Waals surface area contributed by atoms with E-state index < -0.39 is 0 Å². The number of morpholine rings is 1. The number of methoxy groups -OCH3 is 2. The van der Waals surface area contributed by atoms with Gasteiger partial charge in [-0.2, -0.15) is 0 Å². The molecule has 0 atom stereocenters. The second-order valence-corrected chi connectivity index (χ2v) is 8.44. The van der Waals surface area contributed by atoms with E-state index in [0.717, 1.165) is 61.1 Å². The molecule has 31 heavy (non-hydrogen) atoms. The lowest BCUT2D eigenvalue weighted by molar-refractivity contribution is 0.0363. The maximum atomic E-state index is 6.04. The van der Waals surface area contributed by atoms with Gasteiger partial charge >= 0.3 is 0 Å². The highest BCUT2D eigenvalue weighted by Crippen LogP contribution is 2.32. The Morgan fingerprint density at radius 1 is 1.00 bits per heavy atom. The van der Waals surface area contributed by atoms with Crippen LogP contribution in [-0.4, -0.2) is 56.5 Å². The van der Waals surface area contributed by atoms with Crippen LogP contribution in [0.15, 0.2) is 52.8 Å². The molecule has 1 aliphatic heterocycles. The Morgan fingerprint density at radius 3 is 2.45 bits per heavy atom. The maximum Gasteiger partial charge on any atom is 0.190 e. The molecule has 0 unspecified atom stereocenters. The number of rotatable bonds is 7. The summed E-state index contributed by atoms with van der Waals surface area (Å²) in [5, 5.41) is 2.85. The largest absolute Gasteiger partial charge is 0.493 e. The normalized spacial score (nSPS) is 15.3. The van der Waals surface area contributed by atoms with Crippen molar-refractivity contribution in [3.05, 3.63) is 57.7 Å². The molecule has 0 spiro atoms. The molecule has 1 aromatic heterocycles. The predicted octanol–water partition coefficient (Wildman–Crippen LogP) is 4.45. The fourth-order valence-corrected chi connectivity index (χ4v) is 4.63. The topological polar surface area (TPSA) is 48.2 Å². The third-order valence-electron chi connectivity index (χ3n) is 5.27. The Morgan fingerprint density at radius 2 is 1.74 bits per heavy atom. The minimum absolute atomic E-state index is 0.705. The molecular weight excluding hydrogens is 434 g/mol. The number of nitrogens with zero attached hydrogens (tertiary/aromatic N) is 3. The zero-order valence-corrected chi connectivity index (χ0v) is 19.3. The molecule has 1 aliphatic rings. The number of halogens is 1. The van der Waals surface area contributed by atoms with E-state index in [0.29, 0.717) is 16.5 Å². The van der Waals surface area contributed by atoms with Crippen LogP contribution in [-0.2, 0) is 11.3 Å². The van der Waals surface area contributed by atoms with Crippen molar-refractivity contribution in [2.75, 3.05) is 47.1 Å². The van der Waals surface area contributed by atoms with Crippen LogP contribution in [0.2, 0.25) is 5.02 Å². The molecule has 0 N–H and O–H groups in total. The first-order valence-corrected chi connectivity index (χ1v) is 11.4. The summed E-state index contributed by atoms with van der Waals surface area (Å²) in [7, 11) is 3.30. The standard InChI is InChI=1S/C23H26ClN3O3S/c1-28-21-8-3-17(15-22(21)29-2)20-16-31-23(25-19-6-4-18(24)5-7-19)27(20)10-9-26-11-13-30-14-12-26/h3-8,15-16H,9-14H2,1-2H3. The third kappa shape index (κ3) is 5.30. The van der Waals surface area contributed by atoms with E-state index in [1.165, 1.54) is 0 Å². The van der Waals surface area contributed by atoms with E-state index in [1.807, 2.05) is 36.4 Å². The van der Waals surface area contributed by atoms with Gasteiger partial charge in [0.25, 0.3) is 0 Å². The second-order valence-electron chi connectivity index (χ2n) is 7.17. The summed E-state index contributed by atoms with van der Waals surface area (Å²) in [5.41, 5.74) is 3.05. The van der Waals surface area contributed by atoms with Gasteiger partial charge in [0.15, 0.2) is 16.3 Å². The SMILES string of the molecule is COc1ccc(-c2csc(=Nc3ccc(Cl)cc3)n2CCN2CCOCC2)cc1OC. The Kier molecular flexibility index (Phi) is 7.29. The van der Waals surface area contributed by atoms with Crippen LogP contribution < -0.4 is 14.3 Å². The quantitative estimate of drug-likeness (QED) is 0.523. The van der Waals surface area contributed by atoms with Crippen LogP contribution in [0.25, 0.3) is 11.3 Å². The molecular formula is C23H26ClN3O3S. The Hall–Kier alpha value is -2.32. The molecule has 0 amide bonds. The predicted molar refractivity (Wildman–Crippen MR) is 125 cm³/mol. The van der Waals surface area contributed by atoms with Crippen LogP contribution in [0.1, 0.15) is 0 Å². The number of aromatic nitrogens is 1. The van der Waals surface area contributed by atoms with Gasteiger partial charge in [0.1, 0.15) is 0 Å². The van der Waals surface area contributed by atoms with Crippen LogP contribution in [0.5, 0.6) is 11.5 Å². The number of thiazole rings is 1. The molecule has 164 valence electrons. The molecule has 1 fully saturated rings. The van der Waals surface area contributed by atoms with Crippen LogP contribution in [0, 0.1) is 0 Å². The number of hydrogen-bond acceptors (Lipinski definition) is 6. The lowest BCUT2D eigenvalue weighted by Gasteiger charge is -2.26. The molecule has 4 rings (SSSR count). The zero-order chi connectivity index (χ0) is 21.6. The Bertz CT molecular complexity index is 1070. The minimum Gasteiger partial charge on any atom is -0.493 e. The summed E-state index contributed by atoms with van der Waals surface area (Å²) < 4.78 is 18.7. The smallest absolute Gasteiger partial charge is 0.190 e. The Balaban J connectivity index is 1.72. The van der Waals surface area contributed by atoms with Crippen LogP contribution in [0.3, 0.4) is 0 Å². The van der Waals surface area contributed by atoms with Crippen molar-refractivity contribution in [2.24, 2.45) is 4.99 Å². The van der Waals surface area contributed by atoms with Crippen molar-refractivity contribution in [1.82, 2.24) is 9.47 Å². The fraction of sp³-hybridized carbons (Fsp3) is 0.348. The molecule has 6 nitrogen and oxygen atoms in total. The number of ether oxygens (including phenoxy) is 3. The van der Waals surface area contributed by atoms with Gasteiger partial charge in [-0.1, -0.05) is 11.6 Å². The van der Waals surface area contributed by atoms with Gasteiger partial charge in [0.2, 0.25) is 0 Å². The summed E-state index contributed by atoms with van der Waals surface area (Å²) in [6.45, 7) is 5.27. The zero-order valence-electron chi connectivity index (χ0n) is 17.7. The highest BCUT2D eigenvalue weighted by atomic mass is 35.5. The van der Waals surface area contributed by atoms with Crippen molar-refractivity contribution in [2.45, 2.75) is 6.54 Å². The average Bonchev–Trinajstić information content (AvgIpc) is 3.21. The lowest BCUT2D eigenvalue weighted by Crippen LogP contribution is -2.39. The van der Waals surface area contributed by atoms with E-state index >= 15 is 0 Å². The van der Waals surface area contributed by atoms with Gasteiger partial charge in [-0.05, 0) is 42.5 Å². The number of benzene rings is 2. The lowest BCUT2D eigenvalue weighted by atomic mass is 10.1. The summed E-state index contributed by atoms with van der Waals surface area (Å²) in [4.78, 5) is 8.27. The van der Waals surface area contributed by atoms with Gasteiger partial charge in [-0.15, -0.1) is 11.3 Å². The molecule has 0 saturated carbocycles. The van der Waals surface area contributed by atoms with Crippen molar-refractivity contribution >= 4 is 28.6 Å². The summed E-state index contributed by atoms with van der Waals surface area (Å²) >= 11 is 7.67. The van der Waals surface area contributed by atoms with E-state index in [9.17, 15) is 0 Å². The average molecular weight is 460 g/mol. The summed E-state index contributed by atoms with van der Waals surface area (Å²) in [6, 6.07) is 13.6. The van der Waals surface area contributed by atoms with E-state index in [4.69, 9.17) is 30.8 Å². The van der Waals surface area contributed by atoms with Crippen molar-refractivity contribution in [3.8, 4) is 22.8 Å². The third-order valence-corrected chi connectivity index (χ3v) is 6.39. The van der Waals surface area contributed by atoms with Gasteiger partial charge in [-0.25, -0.2) is 4.99 Å². The molecule has 2 heterocycles. The molecule has 8 heteroatoms. The minimum atomic E-state index is 0.705. The van der Waals surface area contributed by atoms with E-state index in [2.05, 4.69) is 20.9 Å². The van der Waals surface area contributed by atoms with E-state index in [1.54, 1.807) is 25.6 Å². The molecule has 0 bridgehead atoms. The van der Waals surface area contributed by atoms with Crippen molar-refractivity contribution < 1.29 is 14.2 Å². The van der Waals surface area contributed by atoms with Gasteiger partial charge in [0.05, 0.1) is 38.8 Å². The van der Waals surface area contributed by atoms with Gasteiger partial charge in [-0.3, -0.25) is 4.90 Å². The highest BCUT2D eigenvalue weighted by molar-refractivity contribution is 7.07. The van der Waals surface area contributed by atoms with Crippen LogP contribution >= 0.6 is 22.9 Å². The molecule has 0 aliphatic carbocycles. The first kappa shape index (κ1) is 21.9. The van der Waals surface area contributed by atoms with Crippen molar-refractivity contribution in [3.63, 3.8) is 0 Å². The molecule has 3 aromatic rings. The highest BCUT2D eigenvalue weighted by Gasteiger charge is 2.15. The van der Waals surface area contributed by atoms with Crippen molar-refractivity contribution in [1.29, 1.82) is 0 Å². The monoisotopic (exact) mass is 459 g/mol. The molecule has 0 radical (unpaired) electrons. The first-order chi connectivity index (χ1) is 15.2. The second kappa shape index (κ2) is 10.3. The van der Waals surface area contributed by atoms with Crippen LogP contribution in [0.4, 0.5) is 5.69 Å². The molecule has 2 aromatic carbocycles. The van der Waals surface area contributed by atoms with Gasteiger partial charge in [0, 0.05) is 42.1 Å². The number of hydrogen-bond donors (Lipinski definition) is 0. The first-order valence-electron chi connectivity index (χ1n) is 10.2. The van der Waals surface area contributed by atoms with Gasteiger partial charge < -0.3 is 18.8 Å². The summed E-state index contributed by atoms with van der Waals surface area (Å²) in [6.07, 6.45) is 0. The fourth-order valence-electron chi connectivity index (χ4n) is 3.55. The maximum absolute atomic E-state index is 6.04.